The summed E-state index contributed by atoms with van der Waals surface area (Å²) in [6.07, 6.45) is 5.58. The zero-order valence-electron chi connectivity index (χ0n) is 16.4. The van der Waals surface area contributed by atoms with Gasteiger partial charge in [0.25, 0.3) is 0 Å². The van der Waals surface area contributed by atoms with Crippen LogP contribution in [-0.4, -0.2) is 80.5 Å². The van der Waals surface area contributed by atoms with Gasteiger partial charge in [-0.3, -0.25) is 0 Å². The van der Waals surface area contributed by atoms with Crippen molar-refractivity contribution in [1.82, 2.24) is 10.2 Å². The number of hydrogen-bond donors (Lipinski definition) is 5. The molecule has 3 unspecified atom stereocenters. The van der Waals surface area contributed by atoms with Crippen LogP contribution in [0, 0.1) is 17.2 Å². The lowest BCUT2D eigenvalue weighted by Crippen LogP contribution is -2.33. The number of nitrogens with one attached hydrogen (secondary N) is 2. The van der Waals surface area contributed by atoms with Gasteiger partial charge in [-0.15, -0.1) is 0 Å². The Morgan fingerprint density at radius 3 is 2.88 bits per heavy atom. The van der Waals surface area contributed by atoms with E-state index in [0.29, 0.717) is 37.8 Å². The molecule has 0 amide bonds. The maximum atomic E-state index is 9.34. The predicted octanol–water partition coefficient (Wildman–Crippen LogP) is 0.566. The Morgan fingerprint density at radius 2 is 2.23 bits per heavy atom. The van der Waals surface area contributed by atoms with Crippen LogP contribution in [0.1, 0.15) is 32.1 Å². The molecule has 152 valence electrons. The van der Waals surface area contributed by atoms with E-state index in [2.05, 4.69) is 10.2 Å². The number of ether oxygens (including phenoxy) is 1. The fourth-order valence-electron chi connectivity index (χ4n) is 3.43. The minimum atomic E-state index is -0.695. The second kappa shape index (κ2) is 13.2. The van der Waals surface area contributed by atoms with E-state index in [9.17, 15) is 5.11 Å². The maximum Gasteiger partial charge on any atom is 0.0792 e. The Hall–Kier alpha value is -0.990. The third kappa shape index (κ3) is 8.60. The second-order valence-corrected chi connectivity index (χ2v) is 7.38. The van der Waals surface area contributed by atoms with Crippen LogP contribution in [-0.2, 0) is 4.74 Å². The molecule has 0 aromatic carbocycles. The van der Waals surface area contributed by atoms with Gasteiger partial charge in [0, 0.05) is 56.3 Å². The van der Waals surface area contributed by atoms with Gasteiger partial charge < -0.3 is 36.3 Å². The molecule has 26 heavy (non-hydrogen) atoms. The minimum Gasteiger partial charge on any atom is -0.404 e. The highest BCUT2D eigenvalue weighted by Crippen LogP contribution is 2.31. The van der Waals surface area contributed by atoms with Crippen molar-refractivity contribution in [3.05, 3.63) is 11.8 Å². The summed E-state index contributed by atoms with van der Waals surface area (Å²) in [5.74, 6) is 0.689. The molecule has 0 spiro atoms. The third-order valence-corrected chi connectivity index (χ3v) is 5.08. The first-order chi connectivity index (χ1) is 12.5. The summed E-state index contributed by atoms with van der Waals surface area (Å²) in [5, 5.41) is 29.9. The molecule has 7 nitrogen and oxygen atoms in total. The highest BCUT2D eigenvalue weighted by atomic mass is 16.5. The van der Waals surface area contributed by atoms with Crippen LogP contribution in [0.3, 0.4) is 0 Å². The van der Waals surface area contributed by atoms with Gasteiger partial charge in [0.1, 0.15) is 0 Å². The van der Waals surface area contributed by atoms with E-state index < -0.39 is 6.10 Å². The largest absolute Gasteiger partial charge is 0.404 e. The number of nitrogens with two attached hydrogens (primary N) is 1. The smallest absolute Gasteiger partial charge is 0.0792 e. The average Bonchev–Trinajstić information content (AvgIpc) is 2.67. The fourth-order valence-corrected chi connectivity index (χ4v) is 3.43. The highest BCUT2D eigenvalue weighted by molar-refractivity contribution is 5.99. The van der Waals surface area contributed by atoms with E-state index in [1.54, 1.807) is 6.20 Å². The Balaban J connectivity index is 2.42. The van der Waals surface area contributed by atoms with Gasteiger partial charge in [0.05, 0.1) is 12.7 Å². The molecule has 0 saturated heterocycles. The van der Waals surface area contributed by atoms with Crippen molar-refractivity contribution in [1.29, 1.82) is 5.41 Å². The van der Waals surface area contributed by atoms with E-state index in [-0.39, 0.29) is 12.5 Å². The summed E-state index contributed by atoms with van der Waals surface area (Å²) in [5.41, 5.74) is 7.41. The van der Waals surface area contributed by atoms with Crippen LogP contribution in [0.5, 0.6) is 0 Å². The molecule has 7 heteroatoms. The summed E-state index contributed by atoms with van der Waals surface area (Å²) in [7, 11) is 3.98. The summed E-state index contributed by atoms with van der Waals surface area (Å²) in [4.78, 5) is 2.18. The number of likely N-dealkylation sites (N-methyl/N-ethyl adjacent to an activating group) is 2. The van der Waals surface area contributed by atoms with E-state index in [0.717, 1.165) is 44.3 Å². The number of aliphatic hydroxyl groups excluding tert-OH is 2. The Morgan fingerprint density at radius 1 is 1.46 bits per heavy atom. The van der Waals surface area contributed by atoms with Crippen molar-refractivity contribution < 1.29 is 14.9 Å². The highest BCUT2D eigenvalue weighted by Gasteiger charge is 2.27. The summed E-state index contributed by atoms with van der Waals surface area (Å²) < 4.78 is 5.67. The molecule has 0 heterocycles. The molecule has 1 aliphatic carbocycles. The van der Waals surface area contributed by atoms with Crippen molar-refractivity contribution in [2.45, 2.75) is 38.2 Å². The molecule has 6 N–H and O–H groups in total. The summed E-state index contributed by atoms with van der Waals surface area (Å²) >= 11 is 0. The van der Waals surface area contributed by atoms with Crippen molar-refractivity contribution in [3.63, 3.8) is 0 Å². The van der Waals surface area contributed by atoms with Gasteiger partial charge >= 0.3 is 0 Å². The molecule has 1 saturated carbocycles. The van der Waals surface area contributed by atoms with Crippen molar-refractivity contribution in [2.75, 3.05) is 53.6 Å². The number of nitrogens with zero attached hydrogens (tertiary/aromatic N) is 1. The normalized spacial score (nSPS) is 22.6. The molecule has 1 rings (SSSR count). The zero-order valence-corrected chi connectivity index (χ0v) is 16.4. The molecule has 0 aromatic rings. The van der Waals surface area contributed by atoms with E-state index in [1.807, 2.05) is 14.1 Å². The van der Waals surface area contributed by atoms with Crippen LogP contribution in [0.25, 0.3) is 0 Å². The zero-order chi connectivity index (χ0) is 19.4. The molecule has 0 bridgehead atoms. The Labute approximate surface area is 158 Å². The molecule has 0 radical (unpaired) electrons. The van der Waals surface area contributed by atoms with Gasteiger partial charge in [-0.1, -0.05) is 6.42 Å². The molecular formula is C19H38N4O3. The van der Waals surface area contributed by atoms with E-state index in [4.69, 9.17) is 21.0 Å². The quantitative estimate of drug-likeness (QED) is 0.239. The van der Waals surface area contributed by atoms with Gasteiger partial charge in [-0.2, -0.15) is 0 Å². The van der Waals surface area contributed by atoms with Crippen LogP contribution in [0.2, 0.25) is 0 Å². The molecule has 1 aliphatic rings. The van der Waals surface area contributed by atoms with Crippen molar-refractivity contribution in [3.8, 4) is 0 Å². The Kier molecular flexibility index (Phi) is 11.7. The predicted molar refractivity (Wildman–Crippen MR) is 105 cm³/mol. The van der Waals surface area contributed by atoms with Crippen molar-refractivity contribution in [2.24, 2.45) is 17.6 Å². The number of rotatable bonds is 13. The van der Waals surface area contributed by atoms with E-state index >= 15 is 0 Å². The van der Waals surface area contributed by atoms with Crippen LogP contribution >= 0.6 is 0 Å². The lowest BCUT2D eigenvalue weighted by molar-refractivity contribution is 0.0319. The van der Waals surface area contributed by atoms with Crippen LogP contribution in [0.15, 0.2) is 11.8 Å². The molecular weight excluding hydrogens is 332 g/mol. The fraction of sp³-hybridized carbons (Fsp3) is 0.842. The lowest BCUT2D eigenvalue weighted by atomic mass is 9.77. The third-order valence-electron chi connectivity index (χ3n) is 5.08. The SMILES string of the molecule is CNCCN(C)C/C(=C/N)C(=N)C1CCCC(COCCC(O)CO)C1. The topological polar surface area (TPSA) is 115 Å². The average molecular weight is 371 g/mol. The minimum absolute atomic E-state index is 0.219. The van der Waals surface area contributed by atoms with Gasteiger partial charge in [0.2, 0.25) is 0 Å². The summed E-state index contributed by atoms with van der Waals surface area (Å²) in [6, 6.07) is 0. The Bertz CT molecular complexity index is 431. The molecule has 0 aromatic heterocycles. The van der Waals surface area contributed by atoms with Crippen LogP contribution < -0.4 is 11.1 Å². The standard InChI is InChI=1S/C19H38N4O3/c1-22-7-8-23(2)12-17(11-20)19(21)16-5-3-4-15(10-16)14-26-9-6-18(25)13-24/h11,15-16,18,21-22,24-25H,3-10,12-14,20H2,1-2H3/b17-11-,21-19?. The number of hydrogen-bond acceptors (Lipinski definition) is 7. The first-order valence-electron chi connectivity index (χ1n) is 9.71. The molecule has 1 fully saturated rings. The monoisotopic (exact) mass is 370 g/mol. The van der Waals surface area contributed by atoms with Crippen molar-refractivity contribution >= 4 is 5.71 Å². The van der Waals surface area contributed by atoms with Gasteiger partial charge in [0.15, 0.2) is 0 Å². The maximum absolute atomic E-state index is 9.34. The van der Waals surface area contributed by atoms with Crippen LogP contribution in [0.4, 0.5) is 0 Å². The number of aliphatic hydroxyl groups is 2. The van der Waals surface area contributed by atoms with Gasteiger partial charge in [-0.25, -0.2) is 0 Å². The lowest BCUT2D eigenvalue weighted by Gasteiger charge is -2.31. The molecule has 3 atom stereocenters. The van der Waals surface area contributed by atoms with Gasteiger partial charge in [-0.05, 0) is 45.7 Å². The molecule has 0 aliphatic heterocycles. The first kappa shape index (κ1) is 23.0. The van der Waals surface area contributed by atoms with E-state index in [1.165, 1.54) is 0 Å². The summed E-state index contributed by atoms with van der Waals surface area (Å²) in [6.45, 7) is 3.43. The second-order valence-electron chi connectivity index (χ2n) is 7.38. The first-order valence-corrected chi connectivity index (χ1v) is 9.71.